The van der Waals surface area contributed by atoms with Gasteiger partial charge in [-0.3, -0.25) is 0 Å². The Hall–Kier alpha value is -1.70. The molecule has 2 aromatic heterocycles. The third-order valence-corrected chi connectivity index (χ3v) is 2.59. The van der Waals surface area contributed by atoms with Crippen LogP contribution < -0.4 is 5.73 Å². The fraction of sp³-hybridized carbons (Fsp3) is 0.375. The Morgan fingerprint density at radius 1 is 1.38 bits per heavy atom. The molecule has 0 aromatic carbocycles. The third-order valence-electron chi connectivity index (χ3n) is 2.04. The van der Waals surface area contributed by atoms with Gasteiger partial charge >= 0.3 is 0 Å². The van der Waals surface area contributed by atoms with E-state index in [1.807, 2.05) is 13.2 Å². The molecular weight excluding hydrogens is 226 g/mol. The summed E-state index contributed by atoms with van der Waals surface area (Å²) in [6.07, 6.45) is 4.97. The van der Waals surface area contributed by atoms with E-state index >= 15 is 0 Å². The lowest BCUT2D eigenvalue weighted by Gasteiger charge is -2.10. The SMILES string of the molecule is CSc1nc(N)nc(C(C)n2cncn2)n1. The van der Waals surface area contributed by atoms with E-state index in [9.17, 15) is 0 Å². The van der Waals surface area contributed by atoms with Crippen LogP contribution in [0.4, 0.5) is 5.95 Å². The van der Waals surface area contributed by atoms with Crippen LogP contribution in [0.2, 0.25) is 0 Å². The number of nitrogen functional groups attached to an aromatic ring is 1. The number of nitrogens with two attached hydrogens (primary N) is 1. The molecule has 16 heavy (non-hydrogen) atoms. The topological polar surface area (TPSA) is 95.4 Å². The smallest absolute Gasteiger partial charge is 0.224 e. The van der Waals surface area contributed by atoms with Gasteiger partial charge in [-0.05, 0) is 13.2 Å². The lowest BCUT2D eigenvalue weighted by molar-refractivity contribution is 0.527. The molecule has 0 radical (unpaired) electrons. The molecule has 0 aliphatic carbocycles. The van der Waals surface area contributed by atoms with E-state index in [2.05, 4.69) is 25.0 Å². The van der Waals surface area contributed by atoms with E-state index in [0.29, 0.717) is 11.0 Å². The summed E-state index contributed by atoms with van der Waals surface area (Å²) in [6.45, 7) is 1.92. The van der Waals surface area contributed by atoms with Crippen LogP contribution in [0.15, 0.2) is 17.8 Å². The van der Waals surface area contributed by atoms with Crippen LogP contribution >= 0.6 is 11.8 Å². The molecule has 2 aromatic rings. The highest BCUT2D eigenvalue weighted by molar-refractivity contribution is 7.98. The molecule has 1 atom stereocenters. The third kappa shape index (κ3) is 2.11. The van der Waals surface area contributed by atoms with Gasteiger partial charge in [0.05, 0.1) is 0 Å². The zero-order chi connectivity index (χ0) is 11.5. The van der Waals surface area contributed by atoms with E-state index < -0.39 is 0 Å². The number of anilines is 1. The lowest BCUT2D eigenvalue weighted by Crippen LogP contribution is -2.13. The summed E-state index contributed by atoms with van der Waals surface area (Å²) >= 11 is 1.42. The highest BCUT2D eigenvalue weighted by Gasteiger charge is 2.13. The second kappa shape index (κ2) is 4.44. The highest BCUT2D eigenvalue weighted by atomic mass is 32.2. The van der Waals surface area contributed by atoms with Gasteiger partial charge in [-0.15, -0.1) is 0 Å². The van der Waals surface area contributed by atoms with E-state index in [4.69, 9.17) is 5.73 Å². The van der Waals surface area contributed by atoms with E-state index in [-0.39, 0.29) is 12.0 Å². The molecule has 0 aliphatic rings. The molecule has 0 saturated heterocycles. The van der Waals surface area contributed by atoms with Crippen molar-refractivity contribution in [1.29, 1.82) is 0 Å². The van der Waals surface area contributed by atoms with Crippen molar-refractivity contribution in [3.63, 3.8) is 0 Å². The first-order valence-corrected chi connectivity index (χ1v) is 5.82. The molecule has 84 valence electrons. The summed E-state index contributed by atoms with van der Waals surface area (Å²) < 4.78 is 1.67. The highest BCUT2D eigenvalue weighted by Crippen LogP contribution is 2.16. The van der Waals surface area contributed by atoms with Crippen LogP contribution in [0.5, 0.6) is 0 Å². The van der Waals surface area contributed by atoms with Crippen molar-refractivity contribution < 1.29 is 0 Å². The van der Waals surface area contributed by atoms with Gasteiger partial charge in [0, 0.05) is 0 Å². The van der Waals surface area contributed by atoms with Crippen LogP contribution in [-0.4, -0.2) is 36.0 Å². The van der Waals surface area contributed by atoms with Crippen LogP contribution in [-0.2, 0) is 0 Å². The van der Waals surface area contributed by atoms with E-state index in [1.165, 1.54) is 18.1 Å². The molecule has 1 unspecified atom stereocenters. The minimum Gasteiger partial charge on any atom is -0.368 e. The normalized spacial score (nSPS) is 12.6. The van der Waals surface area contributed by atoms with Gasteiger partial charge in [0.25, 0.3) is 0 Å². The molecule has 0 aliphatic heterocycles. The second-order valence-corrected chi connectivity index (χ2v) is 3.86. The molecule has 0 saturated carbocycles. The van der Waals surface area contributed by atoms with Crippen molar-refractivity contribution in [2.45, 2.75) is 18.1 Å². The zero-order valence-corrected chi connectivity index (χ0v) is 9.72. The van der Waals surface area contributed by atoms with Crippen LogP contribution in [0.3, 0.4) is 0 Å². The van der Waals surface area contributed by atoms with Crippen molar-refractivity contribution in [3.05, 3.63) is 18.5 Å². The lowest BCUT2D eigenvalue weighted by atomic mass is 10.3. The minimum absolute atomic E-state index is 0.112. The van der Waals surface area contributed by atoms with Crippen LogP contribution in [0.25, 0.3) is 0 Å². The van der Waals surface area contributed by atoms with Gasteiger partial charge in [-0.2, -0.15) is 15.1 Å². The Kier molecular flexibility index (Phi) is 3.00. The molecular formula is C8H11N7S. The fourth-order valence-electron chi connectivity index (χ4n) is 1.20. The van der Waals surface area contributed by atoms with Gasteiger partial charge in [0.15, 0.2) is 11.0 Å². The molecule has 0 amide bonds. The van der Waals surface area contributed by atoms with Crippen molar-refractivity contribution in [2.24, 2.45) is 0 Å². The maximum atomic E-state index is 5.61. The summed E-state index contributed by atoms with van der Waals surface area (Å²) in [5, 5.41) is 4.64. The first-order valence-electron chi connectivity index (χ1n) is 4.60. The predicted octanol–water partition coefficient (Wildman–Crippen LogP) is 0.376. The Morgan fingerprint density at radius 3 is 2.81 bits per heavy atom. The Labute approximate surface area is 96.5 Å². The number of rotatable bonds is 3. The molecule has 0 fully saturated rings. The number of hydrogen-bond acceptors (Lipinski definition) is 7. The Balaban J connectivity index is 2.36. The summed E-state index contributed by atoms with van der Waals surface area (Å²) in [6, 6.07) is -0.112. The molecule has 0 spiro atoms. The minimum atomic E-state index is -0.112. The quantitative estimate of drug-likeness (QED) is 0.771. The number of aromatic nitrogens is 6. The predicted molar refractivity (Wildman–Crippen MR) is 59.9 cm³/mol. The number of thioether (sulfide) groups is 1. The van der Waals surface area contributed by atoms with Gasteiger partial charge in [0.1, 0.15) is 18.7 Å². The van der Waals surface area contributed by atoms with Gasteiger partial charge in [0.2, 0.25) is 5.95 Å². The van der Waals surface area contributed by atoms with Gasteiger partial charge < -0.3 is 5.73 Å². The van der Waals surface area contributed by atoms with Gasteiger partial charge in [-0.25, -0.2) is 14.6 Å². The van der Waals surface area contributed by atoms with E-state index in [1.54, 1.807) is 11.0 Å². The average Bonchev–Trinajstić information content (AvgIpc) is 2.80. The van der Waals surface area contributed by atoms with Crippen molar-refractivity contribution >= 4 is 17.7 Å². The number of hydrogen-bond donors (Lipinski definition) is 1. The molecule has 0 bridgehead atoms. The summed E-state index contributed by atoms with van der Waals surface area (Å²) in [5.41, 5.74) is 5.61. The molecule has 2 N–H and O–H groups in total. The summed E-state index contributed by atoms with van der Waals surface area (Å²) in [7, 11) is 0. The van der Waals surface area contributed by atoms with E-state index in [0.717, 1.165) is 0 Å². The molecule has 7 nitrogen and oxygen atoms in total. The summed E-state index contributed by atoms with van der Waals surface area (Å²) in [5.74, 6) is 0.809. The largest absolute Gasteiger partial charge is 0.368 e. The van der Waals surface area contributed by atoms with Crippen LogP contribution in [0, 0.1) is 0 Å². The Morgan fingerprint density at radius 2 is 2.19 bits per heavy atom. The first kappa shape index (κ1) is 10.8. The Bertz CT molecular complexity index is 469. The summed E-state index contributed by atoms with van der Waals surface area (Å²) in [4.78, 5) is 16.2. The zero-order valence-electron chi connectivity index (χ0n) is 8.90. The monoisotopic (exact) mass is 237 g/mol. The maximum Gasteiger partial charge on any atom is 0.224 e. The van der Waals surface area contributed by atoms with Gasteiger partial charge in [-0.1, -0.05) is 11.8 Å². The molecule has 8 heteroatoms. The molecule has 2 heterocycles. The standard InChI is InChI=1S/C8H11N7S/c1-5(15-4-10-3-11-15)6-12-7(9)14-8(13-6)16-2/h3-5H,1-2H3,(H2,9,12,13,14). The van der Waals surface area contributed by atoms with Crippen molar-refractivity contribution in [3.8, 4) is 0 Å². The average molecular weight is 237 g/mol. The first-order chi connectivity index (χ1) is 7.70. The van der Waals surface area contributed by atoms with Crippen molar-refractivity contribution in [1.82, 2.24) is 29.7 Å². The van der Waals surface area contributed by atoms with Crippen molar-refractivity contribution in [2.75, 3.05) is 12.0 Å². The number of nitrogens with zero attached hydrogens (tertiary/aromatic N) is 6. The second-order valence-electron chi connectivity index (χ2n) is 3.09. The fourth-order valence-corrected chi connectivity index (χ4v) is 1.57. The molecule has 2 rings (SSSR count). The van der Waals surface area contributed by atoms with Crippen LogP contribution in [0.1, 0.15) is 18.8 Å². The maximum absolute atomic E-state index is 5.61.